The topological polar surface area (TPSA) is 96.2 Å². The van der Waals surface area contributed by atoms with Crippen molar-refractivity contribution in [2.24, 2.45) is 0 Å². The lowest BCUT2D eigenvalue weighted by atomic mass is 9.79. The first-order valence-corrected chi connectivity index (χ1v) is 7.27. The van der Waals surface area contributed by atoms with E-state index in [1.165, 1.54) is 21.0 Å². The van der Waals surface area contributed by atoms with E-state index in [-0.39, 0.29) is 11.3 Å². The number of hydrogen-bond donors (Lipinski definition) is 3. The van der Waals surface area contributed by atoms with Gasteiger partial charge in [0.15, 0.2) is 6.10 Å². The number of aliphatic hydroxyl groups is 2. The number of phenols is 1. The molecule has 0 saturated carbocycles. The van der Waals surface area contributed by atoms with Gasteiger partial charge in [0.1, 0.15) is 29.0 Å². The predicted octanol–water partition coefficient (Wildman–Crippen LogP) is 1.94. The third-order valence-corrected chi connectivity index (χ3v) is 4.48. The number of aryl methyl sites for hydroxylation is 1. The number of aromatic hydroxyl groups is 1. The van der Waals surface area contributed by atoms with Crippen LogP contribution >= 0.6 is 0 Å². The fourth-order valence-electron chi connectivity index (χ4n) is 2.65. The summed E-state index contributed by atoms with van der Waals surface area (Å²) in [6.45, 7) is 6.37. The average molecular weight is 322 g/mol. The summed E-state index contributed by atoms with van der Waals surface area (Å²) in [7, 11) is 1.33. The maximum Gasteiger partial charge on any atom is 0.205 e. The van der Waals surface area contributed by atoms with Crippen molar-refractivity contribution >= 4 is 5.78 Å². The van der Waals surface area contributed by atoms with Crippen LogP contribution in [0, 0.1) is 13.8 Å². The van der Waals surface area contributed by atoms with Crippen molar-refractivity contribution in [2.75, 3.05) is 7.11 Å². The first-order valence-electron chi connectivity index (χ1n) is 7.27. The minimum absolute atomic E-state index is 0.0338. The lowest BCUT2D eigenvalue weighted by Gasteiger charge is -2.42. The Kier molecular flexibility index (Phi) is 4.41. The second-order valence-corrected chi connectivity index (χ2v) is 6.07. The van der Waals surface area contributed by atoms with Crippen LogP contribution < -0.4 is 4.74 Å². The summed E-state index contributed by atoms with van der Waals surface area (Å²) >= 11 is 0. The molecule has 3 N–H and O–H groups in total. The van der Waals surface area contributed by atoms with Crippen molar-refractivity contribution in [1.29, 1.82) is 0 Å². The number of ether oxygens (including phenoxy) is 2. The second-order valence-electron chi connectivity index (χ2n) is 6.07. The van der Waals surface area contributed by atoms with Crippen molar-refractivity contribution in [3.63, 3.8) is 0 Å². The largest absolute Gasteiger partial charge is 0.509 e. The SMILES string of the molecule is CO[C@]1(C)[C@H](Oc2cc(C)cc(O)c2C)C(=O)C(C)=C(O)[C@@H]1O. The summed E-state index contributed by atoms with van der Waals surface area (Å²) in [5.41, 5.74) is -0.174. The highest BCUT2D eigenvalue weighted by atomic mass is 16.6. The molecule has 0 saturated heterocycles. The van der Waals surface area contributed by atoms with E-state index in [0.717, 1.165) is 5.56 Å². The molecule has 126 valence electrons. The fraction of sp³-hybridized carbons (Fsp3) is 0.471. The van der Waals surface area contributed by atoms with Gasteiger partial charge in [0.25, 0.3) is 0 Å². The van der Waals surface area contributed by atoms with Crippen molar-refractivity contribution in [1.82, 2.24) is 0 Å². The standard InChI is InChI=1S/C17H22O6/c1-8-6-11(18)9(2)12(7-8)23-16-14(20)10(3)13(19)15(21)17(16,4)22-5/h6-7,15-16,18-19,21H,1-5H3/t15-,16+,17-/m0/s1. The number of phenolic OH excluding ortho intramolecular Hbond substituents is 1. The molecule has 3 atom stereocenters. The minimum atomic E-state index is -1.45. The Morgan fingerprint density at radius 3 is 2.35 bits per heavy atom. The van der Waals surface area contributed by atoms with Crippen molar-refractivity contribution in [2.45, 2.75) is 45.5 Å². The molecule has 23 heavy (non-hydrogen) atoms. The normalized spacial score (nSPS) is 28.2. The number of hydrogen-bond acceptors (Lipinski definition) is 6. The smallest absolute Gasteiger partial charge is 0.205 e. The van der Waals surface area contributed by atoms with E-state index in [4.69, 9.17) is 9.47 Å². The maximum atomic E-state index is 12.5. The van der Waals surface area contributed by atoms with Crippen LogP contribution in [0.5, 0.6) is 11.5 Å². The summed E-state index contributed by atoms with van der Waals surface area (Å²) in [4.78, 5) is 12.5. The molecule has 0 amide bonds. The predicted molar refractivity (Wildman–Crippen MR) is 83.8 cm³/mol. The van der Waals surface area contributed by atoms with E-state index in [9.17, 15) is 20.1 Å². The first kappa shape index (κ1) is 17.3. The summed E-state index contributed by atoms with van der Waals surface area (Å²) in [6, 6.07) is 3.28. The zero-order valence-corrected chi connectivity index (χ0v) is 13.9. The molecule has 6 nitrogen and oxygen atoms in total. The van der Waals surface area contributed by atoms with Crippen LogP contribution in [0.4, 0.5) is 0 Å². The van der Waals surface area contributed by atoms with Gasteiger partial charge in [-0.15, -0.1) is 0 Å². The zero-order valence-electron chi connectivity index (χ0n) is 13.9. The molecule has 0 radical (unpaired) electrons. The number of carbonyl (C=O) groups is 1. The molecular weight excluding hydrogens is 300 g/mol. The van der Waals surface area contributed by atoms with Crippen molar-refractivity contribution < 1.29 is 29.6 Å². The lowest BCUT2D eigenvalue weighted by Crippen LogP contribution is -2.61. The molecule has 1 aliphatic carbocycles. The van der Waals surface area contributed by atoms with E-state index >= 15 is 0 Å². The highest BCUT2D eigenvalue weighted by Crippen LogP contribution is 2.37. The van der Waals surface area contributed by atoms with E-state index in [1.807, 2.05) is 0 Å². The monoisotopic (exact) mass is 322 g/mol. The number of carbonyl (C=O) groups excluding carboxylic acids is 1. The highest BCUT2D eigenvalue weighted by Gasteiger charge is 2.53. The molecule has 1 aromatic rings. The number of Topliss-reactive ketones (excluding diaryl/α,β-unsaturated/α-hetero) is 1. The average Bonchev–Trinajstić information content (AvgIpc) is 2.52. The Morgan fingerprint density at radius 1 is 1.17 bits per heavy atom. The number of rotatable bonds is 3. The molecule has 0 unspecified atom stereocenters. The van der Waals surface area contributed by atoms with Gasteiger partial charge in [-0.1, -0.05) is 0 Å². The first-order chi connectivity index (χ1) is 10.6. The molecule has 6 heteroatoms. The van der Waals surface area contributed by atoms with Gasteiger partial charge in [0.05, 0.1) is 0 Å². The Hall–Kier alpha value is -2.05. The van der Waals surface area contributed by atoms with Crippen LogP contribution in [-0.4, -0.2) is 46.0 Å². The molecule has 0 bridgehead atoms. The van der Waals surface area contributed by atoms with Gasteiger partial charge in [-0.3, -0.25) is 4.79 Å². The van der Waals surface area contributed by atoms with Crippen LogP contribution in [0.25, 0.3) is 0 Å². The van der Waals surface area contributed by atoms with Gasteiger partial charge in [-0.05, 0) is 45.4 Å². The summed E-state index contributed by atoms with van der Waals surface area (Å²) < 4.78 is 11.1. The number of ketones is 1. The Balaban J connectivity index is 2.51. The van der Waals surface area contributed by atoms with Crippen molar-refractivity contribution in [3.8, 4) is 11.5 Å². The molecule has 1 aliphatic rings. The van der Waals surface area contributed by atoms with Crippen LogP contribution in [0.2, 0.25) is 0 Å². The van der Waals surface area contributed by atoms with Crippen molar-refractivity contribution in [3.05, 3.63) is 34.6 Å². The van der Waals surface area contributed by atoms with Crippen LogP contribution in [-0.2, 0) is 9.53 Å². The van der Waals surface area contributed by atoms with Crippen LogP contribution in [0.1, 0.15) is 25.0 Å². The molecule has 2 rings (SSSR count). The quantitative estimate of drug-likeness (QED) is 0.787. The number of aliphatic hydroxyl groups excluding tert-OH is 2. The Bertz CT molecular complexity index is 678. The fourth-order valence-corrected chi connectivity index (χ4v) is 2.65. The molecule has 0 heterocycles. The Morgan fingerprint density at radius 2 is 1.78 bits per heavy atom. The van der Waals surface area contributed by atoms with E-state index in [0.29, 0.717) is 11.3 Å². The van der Waals surface area contributed by atoms with Gasteiger partial charge >= 0.3 is 0 Å². The van der Waals surface area contributed by atoms with Crippen LogP contribution in [0.15, 0.2) is 23.5 Å². The second kappa shape index (κ2) is 5.86. The van der Waals surface area contributed by atoms with Gasteiger partial charge in [0, 0.05) is 18.2 Å². The van der Waals surface area contributed by atoms with Crippen LogP contribution in [0.3, 0.4) is 0 Å². The highest BCUT2D eigenvalue weighted by molar-refractivity contribution is 6.01. The third kappa shape index (κ3) is 2.68. The van der Waals surface area contributed by atoms with Gasteiger partial charge in [-0.25, -0.2) is 0 Å². The lowest BCUT2D eigenvalue weighted by molar-refractivity contribution is -0.165. The van der Waals surface area contributed by atoms with E-state index in [2.05, 4.69) is 0 Å². The van der Waals surface area contributed by atoms with Gasteiger partial charge < -0.3 is 24.8 Å². The third-order valence-electron chi connectivity index (χ3n) is 4.48. The number of methoxy groups -OCH3 is 1. The zero-order chi connectivity index (χ0) is 17.5. The van der Waals surface area contributed by atoms with Gasteiger partial charge in [-0.2, -0.15) is 0 Å². The molecule has 0 spiro atoms. The van der Waals surface area contributed by atoms with E-state index < -0.39 is 29.4 Å². The van der Waals surface area contributed by atoms with Gasteiger partial charge in [0.2, 0.25) is 5.78 Å². The summed E-state index contributed by atoms with van der Waals surface area (Å²) in [6.07, 6.45) is -2.55. The Labute approximate surface area is 135 Å². The molecule has 0 aromatic heterocycles. The molecular formula is C17H22O6. The summed E-state index contributed by atoms with van der Waals surface area (Å²) in [5, 5.41) is 30.2. The number of benzene rings is 1. The summed E-state index contributed by atoms with van der Waals surface area (Å²) in [5.74, 6) is -0.510. The van der Waals surface area contributed by atoms with E-state index in [1.54, 1.807) is 26.0 Å². The maximum absolute atomic E-state index is 12.5. The minimum Gasteiger partial charge on any atom is -0.509 e. The molecule has 0 aliphatic heterocycles. The molecule has 0 fully saturated rings. The molecule has 1 aromatic carbocycles.